The Kier molecular flexibility index (Phi) is 13.6. The highest BCUT2D eigenvalue weighted by molar-refractivity contribution is 14.0. The van der Waals surface area contributed by atoms with Gasteiger partial charge < -0.3 is 20.1 Å². The highest BCUT2D eigenvalue weighted by Gasteiger charge is 2.22. The summed E-state index contributed by atoms with van der Waals surface area (Å²) in [5.74, 6) is 1.52. The molecule has 0 saturated carbocycles. The number of hydrogen-bond acceptors (Lipinski definition) is 5. The monoisotopic (exact) mass is 550 g/mol. The number of guanidine groups is 1. The molecule has 0 spiro atoms. The van der Waals surface area contributed by atoms with E-state index in [1.54, 1.807) is 7.11 Å². The Morgan fingerprint density at radius 2 is 1.94 bits per heavy atom. The van der Waals surface area contributed by atoms with Crippen molar-refractivity contribution in [3.8, 4) is 0 Å². The van der Waals surface area contributed by atoms with E-state index in [1.165, 1.54) is 5.56 Å². The van der Waals surface area contributed by atoms with Crippen molar-refractivity contribution in [3.05, 3.63) is 17.0 Å². The number of morpholine rings is 1. The summed E-state index contributed by atoms with van der Waals surface area (Å²) in [7, 11) is 1.72. The Morgan fingerprint density at radius 1 is 1.23 bits per heavy atom. The predicted octanol–water partition coefficient (Wildman–Crippen LogP) is 2.57. The third-order valence-electron chi connectivity index (χ3n) is 5.59. The lowest BCUT2D eigenvalue weighted by atomic mass is 10.0. The molecule has 2 rings (SSSR count). The molecule has 0 bridgehead atoms. The summed E-state index contributed by atoms with van der Waals surface area (Å²) in [5.41, 5.74) is 3.39. The summed E-state index contributed by atoms with van der Waals surface area (Å²) in [5, 5.41) is 11.6. The number of aromatic nitrogens is 2. The van der Waals surface area contributed by atoms with Crippen LogP contribution in [0.15, 0.2) is 4.99 Å². The summed E-state index contributed by atoms with van der Waals surface area (Å²) in [4.78, 5) is 7.41. The molecule has 2 N–H and O–H groups in total. The van der Waals surface area contributed by atoms with E-state index in [9.17, 15) is 0 Å². The lowest BCUT2D eigenvalue weighted by Gasteiger charge is -2.35. The zero-order valence-electron chi connectivity index (χ0n) is 20.2. The molecule has 0 amide bonds. The lowest BCUT2D eigenvalue weighted by molar-refractivity contribution is 0.0132. The Hall–Kier alpha value is -0.910. The number of aryl methyl sites for hydroxylation is 1. The lowest BCUT2D eigenvalue weighted by Crippen LogP contribution is -2.51. The van der Waals surface area contributed by atoms with Gasteiger partial charge in [0, 0.05) is 50.6 Å². The zero-order chi connectivity index (χ0) is 21.9. The van der Waals surface area contributed by atoms with E-state index in [1.807, 2.05) is 4.68 Å². The fourth-order valence-electron chi connectivity index (χ4n) is 3.92. The van der Waals surface area contributed by atoms with E-state index in [0.717, 1.165) is 69.7 Å². The third-order valence-corrected chi connectivity index (χ3v) is 5.59. The molecule has 2 heterocycles. The van der Waals surface area contributed by atoms with E-state index in [2.05, 4.69) is 55.3 Å². The number of rotatable bonds is 11. The zero-order valence-corrected chi connectivity index (χ0v) is 22.6. The van der Waals surface area contributed by atoms with Crippen LogP contribution in [0.2, 0.25) is 0 Å². The molecule has 1 fully saturated rings. The second-order valence-corrected chi connectivity index (χ2v) is 8.37. The average Bonchev–Trinajstić information content (AvgIpc) is 3.00. The molecule has 1 unspecified atom stereocenters. The summed E-state index contributed by atoms with van der Waals surface area (Å²) in [6, 6.07) is 0.484. The molecule has 9 heteroatoms. The van der Waals surface area contributed by atoms with Gasteiger partial charge in [-0.15, -0.1) is 24.0 Å². The van der Waals surface area contributed by atoms with Crippen LogP contribution in [0.5, 0.6) is 0 Å². The van der Waals surface area contributed by atoms with Gasteiger partial charge >= 0.3 is 0 Å². The molecule has 1 aromatic rings. The quantitative estimate of drug-likeness (QED) is 0.251. The van der Waals surface area contributed by atoms with E-state index < -0.39 is 0 Å². The van der Waals surface area contributed by atoms with E-state index in [0.29, 0.717) is 25.1 Å². The number of halogens is 1. The molecule has 0 aliphatic carbocycles. The van der Waals surface area contributed by atoms with Gasteiger partial charge in [0.25, 0.3) is 0 Å². The van der Waals surface area contributed by atoms with Crippen LogP contribution in [0.1, 0.15) is 44.1 Å². The Bertz CT molecular complexity index is 659. The van der Waals surface area contributed by atoms with Gasteiger partial charge in [-0.05, 0) is 33.1 Å². The smallest absolute Gasteiger partial charge is 0.191 e. The van der Waals surface area contributed by atoms with Gasteiger partial charge in [0.1, 0.15) is 0 Å². The van der Waals surface area contributed by atoms with Crippen LogP contribution < -0.4 is 10.6 Å². The van der Waals surface area contributed by atoms with Crippen molar-refractivity contribution in [3.63, 3.8) is 0 Å². The molecule has 1 aliphatic heterocycles. The van der Waals surface area contributed by atoms with Crippen molar-refractivity contribution in [1.82, 2.24) is 25.3 Å². The molecule has 0 radical (unpaired) electrons. The summed E-state index contributed by atoms with van der Waals surface area (Å²) in [6.07, 6.45) is 1.16. The highest BCUT2D eigenvalue weighted by atomic mass is 127. The van der Waals surface area contributed by atoms with Crippen LogP contribution in [-0.4, -0.2) is 79.8 Å². The molecular weight excluding hydrogens is 507 g/mol. The maximum absolute atomic E-state index is 5.54. The van der Waals surface area contributed by atoms with Gasteiger partial charge in [-0.1, -0.05) is 13.8 Å². The molecular formula is C22H43IN6O2. The van der Waals surface area contributed by atoms with Crippen LogP contribution in [-0.2, 0) is 22.6 Å². The molecule has 1 saturated heterocycles. The molecule has 1 atom stereocenters. The summed E-state index contributed by atoms with van der Waals surface area (Å²) < 4.78 is 12.7. The molecule has 1 aliphatic rings. The van der Waals surface area contributed by atoms with Gasteiger partial charge in [0.15, 0.2) is 5.96 Å². The van der Waals surface area contributed by atoms with Gasteiger partial charge in [-0.25, -0.2) is 4.99 Å². The van der Waals surface area contributed by atoms with Gasteiger partial charge in [0.2, 0.25) is 0 Å². The standard InChI is InChI=1S/C22H42N6O2.HI/c1-7-23-22(24-15-20(14-17(2)3)27-8-12-30-13-9-27)25-16-21-18(4)26-28(19(21)5)10-11-29-6;/h17,20H,7-16H2,1-6H3,(H2,23,24,25);1H. The minimum Gasteiger partial charge on any atom is -0.383 e. The molecule has 0 aromatic carbocycles. The first-order chi connectivity index (χ1) is 14.5. The van der Waals surface area contributed by atoms with E-state index >= 15 is 0 Å². The largest absolute Gasteiger partial charge is 0.383 e. The Balaban J connectivity index is 0.00000480. The van der Waals surface area contributed by atoms with Crippen LogP contribution >= 0.6 is 24.0 Å². The van der Waals surface area contributed by atoms with Gasteiger partial charge in [0.05, 0.1) is 38.6 Å². The van der Waals surface area contributed by atoms with Gasteiger partial charge in [-0.3, -0.25) is 9.58 Å². The first-order valence-corrected chi connectivity index (χ1v) is 11.3. The van der Waals surface area contributed by atoms with Crippen molar-refractivity contribution in [2.45, 2.75) is 60.2 Å². The molecule has 1 aromatic heterocycles. The van der Waals surface area contributed by atoms with Crippen molar-refractivity contribution in [2.75, 3.05) is 53.1 Å². The first-order valence-electron chi connectivity index (χ1n) is 11.3. The maximum atomic E-state index is 5.54. The van der Waals surface area contributed by atoms with Crippen molar-refractivity contribution >= 4 is 29.9 Å². The normalized spacial score (nSPS) is 16.3. The topological polar surface area (TPSA) is 75.9 Å². The van der Waals surface area contributed by atoms with E-state index in [4.69, 9.17) is 14.5 Å². The number of hydrogen-bond donors (Lipinski definition) is 2. The van der Waals surface area contributed by atoms with Crippen LogP contribution in [0.4, 0.5) is 0 Å². The van der Waals surface area contributed by atoms with Crippen molar-refractivity contribution in [1.29, 1.82) is 0 Å². The molecule has 8 nitrogen and oxygen atoms in total. The van der Waals surface area contributed by atoms with Crippen LogP contribution in [0.3, 0.4) is 0 Å². The van der Waals surface area contributed by atoms with Crippen LogP contribution in [0, 0.1) is 19.8 Å². The predicted molar refractivity (Wildman–Crippen MR) is 137 cm³/mol. The SMILES string of the molecule is CCNC(=NCc1c(C)nn(CCOC)c1C)NCC(CC(C)C)N1CCOCC1.I. The maximum Gasteiger partial charge on any atom is 0.191 e. The number of nitrogens with zero attached hydrogens (tertiary/aromatic N) is 4. The number of ether oxygens (including phenoxy) is 2. The highest BCUT2D eigenvalue weighted by Crippen LogP contribution is 2.15. The summed E-state index contributed by atoms with van der Waals surface area (Å²) in [6.45, 7) is 18.3. The van der Waals surface area contributed by atoms with Crippen molar-refractivity contribution in [2.24, 2.45) is 10.9 Å². The number of methoxy groups -OCH3 is 1. The second-order valence-electron chi connectivity index (χ2n) is 8.37. The third kappa shape index (κ3) is 9.23. The second kappa shape index (κ2) is 15.0. The Morgan fingerprint density at radius 3 is 2.55 bits per heavy atom. The first kappa shape index (κ1) is 28.1. The Labute approximate surface area is 205 Å². The number of nitrogens with one attached hydrogen (secondary N) is 2. The minimum absolute atomic E-state index is 0. The van der Waals surface area contributed by atoms with Crippen molar-refractivity contribution < 1.29 is 9.47 Å². The van der Waals surface area contributed by atoms with E-state index in [-0.39, 0.29) is 24.0 Å². The molecule has 31 heavy (non-hydrogen) atoms. The minimum atomic E-state index is 0. The average molecular weight is 551 g/mol. The molecule has 180 valence electrons. The number of aliphatic imine (C=N–C) groups is 1. The van der Waals surface area contributed by atoms with Crippen LogP contribution in [0.25, 0.3) is 0 Å². The van der Waals surface area contributed by atoms with Gasteiger partial charge in [-0.2, -0.15) is 5.10 Å². The summed E-state index contributed by atoms with van der Waals surface area (Å²) >= 11 is 0. The fraction of sp³-hybridized carbons (Fsp3) is 0.818. The fourth-order valence-corrected chi connectivity index (χ4v) is 3.92.